The summed E-state index contributed by atoms with van der Waals surface area (Å²) >= 11 is 0.748. The number of thiazole rings is 1. The molecule has 1 amide bonds. The van der Waals surface area contributed by atoms with Crippen LogP contribution in [0.15, 0.2) is 34.5 Å². The van der Waals surface area contributed by atoms with Crippen LogP contribution in [0.4, 0.5) is 23.8 Å². The van der Waals surface area contributed by atoms with E-state index in [-0.39, 0.29) is 34.7 Å². The summed E-state index contributed by atoms with van der Waals surface area (Å²) in [7, 11) is 0. The van der Waals surface area contributed by atoms with E-state index in [0.29, 0.717) is 24.2 Å². The summed E-state index contributed by atoms with van der Waals surface area (Å²) < 4.78 is 51.6. The van der Waals surface area contributed by atoms with Crippen molar-refractivity contribution >= 4 is 23.2 Å². The Labute approximate surface area is 224 Å². The summed E-state index contributed by atoms with van der Waals surface area (Å²) in [5, 5.41) is 13.1. The zero-order valence-corrected chi connectivity index (χ0v) is 22.1. The van der Waals surface area contributed by atoms with Crippen LogP contribution in [-0.2, 0) is 10.9 Å². The molecule has 11 nitrogen and oxygen atoms in total. The summed E-state index contributed by atoms with van der Waals surface area (Å²) in [6, 6.07) is 1.81. The third-order valence-corrected chi connectivity index (χ3v) is 6.81. The second-order valence-electron chi connectivity index (χ2n) is 10.0. The number of hydrogen-bond donors (Lipinski definition) is 1. The lowest BCUT2D eigenvalue weighted by molar-refractivity contribution is -0.140. The Morgan fingerprint density at radius 1 is 1.13 bits per heavy atom. The number of pyridine rings is 1. The van der Waals surface area contributed by atoms with Crippen molar-refractivity contribution in [3.8, 4) is 33.5 Å². The third kappa shape index (κ3) is 5.87. The number of alkyl halides is 3. The minimum atomic E-state index is -4.57. The first-order valence-electron chi connectivity index (χ1n) is 12.0. The highest BCUT2D eigenvalue weighted by Crippen LogP contribution is 2.35. The Bertz CT molecular complexity index is 1480. The van der Waals surface area contributed by atoms with Gasteiger partial charge in [0.05, 0.1) is 17.8 Å². The molecular formula is C24H25F3N8O3S. The molecule has 0 atom stereocenters. The Kier molecular flexibility index (Phi) is 6.78. The molecule has 5 heterocycles. The Hall–Kier alpha value is -4.01. The minimum Gasteiger partial charge on any atom is -0.444 e. The molecule has 2 N–H and O–H groups in total. The number of piperidine rings is 1. The molecule has 1 aliphatic rings. The molecule has 15 heteroatoms. The van der Waals surface area contributed by atoms with Crippen molar-refractivity contribution < 1.29 is 27.1 Å². The second kappa shape index (κ2) is 9.94. The molecule has 39 heavy (non-hydrogen) atoms. The maximum Gasteiger partial charge on any atom is 0.434 e. The first-order chi connectivity index (χ1) is 18.4. The topological polar surface area (TPSA) is 138 Å². The van der Waals surface area contributed by atoms with Crippen LogP contribution >= 0.6 is 11.3 Å². The third-order valence-electron chi connectivity index (χ3n) is 5.98. The molecule has 5 rings (SSSR count). The molecule has 0 aromatic carbocycles. The molecule has 1 aliphatic heterocycles. The molecule has 4 aromatic heterocycles. The standard InChI is InChI=1S/C24H25F3N8O3S/c1-23(2,3)38-22(36)34-6-4-15(5-7-34)35-11-14(10-30-35)13-8-16(18(28)29-9-13)19-32-33-20(37-19)21-31-17(12-39-21)24(25,26)27/h8-12,15H,4-7H2,1-3H3,(H2,28,29). The fourth-order valence-corrected chi connectivity index (χ4v) is 4.80. The van der Waals surface area contributed by atoms with Crippen molar-refractivity contribution in [3.05, 3.63) is 35.7 Å². The number of aromatic nitrogens is 6. The highest BCUT2D eigenvalue weighted by atomic mass is 32.1. The first kappa shape index (κ1) is 26.6. The number of nitrogens with zero attached hydrogens (tertiary/aromatic N) is 7. The van der Waals surface area contributed by atoms with Crippen LogP contribution in [0, 0.1) is 0 Å². The van der Waals surface area contributed by atoms with E-state index in [1.165, 1.54) is 0 Å². The van der Waals surface area contributed by atoms with Gasteiger partial charge in [-0.05, 0) is 39.7 Å². The predicted octanol–water partition coefficient (Wildman–Crippen LogP) is 5.29. The van der Waals surface area contributed by atoms with Gasteiger partial charge in [0, 0.05) is 42.0 Å². The number of likely N-dealkylation sites (tertiary alicyclic amines) is 1. The summed E-state index contributed by atoms with van der Waals surface area (Å²) in [4.78, 5) is 21.8. The van der Waals surface area contributed by atoms with Crippen LogP contribution in [0.25, 0.3) is 33.5 Å². The van der Waals surface area contributed by atoms with Gasteiger partial charge < -0.3 is 19.8 Å². The normalized spacial score (nSPS) is 15.1. The lowest BCUT2D eigenvalue weighted by Gasteiger charge is -2.33. The first-order valence-corrected chi connectivity index (χ1v) is 12.9. The van der Waals surface area contributed by atoms with Gasteiger partial charge in [0.1, 0.15) is 11.4 Å². The number of carbonyl (C=O) groups is 1. The quantitative estimate of drug-likeness (QED) is 0.351. The molecule has 206 valence electrons. The van der Waals surface area contributed by atoms with E-state index in [4.69, 9.17) is 14.9 Å². The van der Waals surface area contributed by atoms with Crippen LogP contribution in [-0.4, -0.2) is 59.6 Å². The maximum absolute atomic E-state index is 12.9. The van der Waals surface area contributed by atoms with E-state index in [1.807, 2.05) is 31.6 Å². The smallest absolute Gasteiger partial charge is 0.434 e. The number of nitrogen functional groups attached to an aromatic ring is 1. The van der Waals surface area contributed by atoms with Crippen LogP contribution in [0.5, 0.6) is 0 Å². The van der Waals surface area contributed by atoms with E-state index in [0.717, 1.165) is 35.1 Å². The lowest BCUT2D eigenvalue weighted by atomic mass is 10.1. The van der Waals surface area contributed by atoms with Gasteiger partial charge in [-0.25, -0.2) is 14.8 Å². The molecule has 0 saturated carbocycles. The highest BCUT2D eigenvalue weighted by Gasteiger charge is 2.34. The number of ether oxygens (including phenoxy) is 1. The number of anilines is 1. The predicted molar refractivity (Wildman–Crippen MR) is 135 cm³/mol. The lowest BCUT2D eigenvalue weighted by Crippen LogP contribution is -2.42. The Balaban J connectivity index is 1.30. The van der Waals surface area contributed by atoms with Crippen molar-refractivity contribution in [2.45, 2.75) is 51.4 Å². The number of rotatable bonds is 4. The average Bonchev–Trinajstić information content (AvgIpc) is 3.63. The van der Waals surface area contributed by atoms with E-state index in [2.05, 4.69) is 25.3 Å². The van der Waals surface area contributed by atoms with Gasteiger partial charge in [-0.2, -0.15) is 18.3 Å². The SMILES string of the molecule is CC(C)(C)OC(=O)N1CCC(n2cc(-c3cnc(N)c(-c4nnc(-c5nc(C(F)(F)F)cs5)o4)c3)cn2)CC1. The van der Waals surface area contributed by atoms with Gasteiger partial charge in [0.25, 0.3) is 11.8 Å². The molecule has 0 aliphatic carbocycles. The van der Waals surface area contributed by atoms with Crippen molar-refractivity contribution in [2.75, 3.05) is 18.8 Å². The van der Waals surface area contributed by atoms with Crippen molar-refractivity contribution in [3.63, 3.8) is 0 Å². The largest absolute Gasteiger partial charge is 0.444 e. The minimum absolute atomic E-state index is 0.00233. The van der Waals surface area contributed by atoms with Crippen molar-refractivity contribution in [1.82, 2.24) is 34.8 Å². The van der Waals surface area contributed by atoms with E-state index in [9.17, 15) is 18.0 Å². The Morgan fingerprint density at radius 3 is 2.51 bits per heavy atom. The molecule has 4 aromatic rings. The molecule has 0 bridgehead atoms. The summed E-state index contributed by atoms with van der Waals surface area (Å²) in [5.41, 5.74) is 6.26. The van der Waals surface area contributed by atoms with Crippen molar-refractivity contribution in [2.24, 2.45) is 0 Å². The second-order valence-corrected chi connectivity index (χ2v) is 10.9. The zero-order valence-electron chi connectivity index (χ0n) is 21.3. The van der Waals surface area contributed by atoms with Gasteiger partial charge in [0.15, 0.2) is 10.7 Å². The summed E-state index contributed by atoms with van der Waals surface area (Å²) in [6.07, 6.45) is 1.73. The molecule has 0 radical (unpaired) electrons. The zero-order chi connectivity index (χ0) is 27.9. The van der Waals surface area contributed by atoms with Crippen LogP contribution < -0.4 is 5.73 Å². The van der Waals surface area contributed by atoms with Gasteiger partial charge in [-0.15, -0.1) is 21.5 Å². The number of hydrogen-bond acceptors (Lipinski definition) is 10. The maximum atomic E-state index is 12.9. The number of amides is 1. The van der Waals surface area contributed by atoms with E-state index >= 15 is 0 Å². The number of halogens is 3. The summed E-state index contributed by atoms with van der Waals surface area (Å²) in [5.74, 6) is -0.0330. The van der Waals surface area contributed by atoms with Crippen molar-refractivity contribution in [1.29, 1.82) is 0 Å². The molecule has 1 fully saturated rings. The molecular weight excluding hydrogens is 537 g/mol. The highest BCUT2D eigenvalue weighted by molar-refractivity contribution is 7.13. The van der Waals surface area contributed by atoms with Crippen LogP contribution in [0.3, 0.4) is 0 Å². The van der Waals surface area contributed by atoms with Gasteiger partial charge in [-0.3, -0.25) is 4.68 Å². The molecule has 0 unspecified atom stereocenters. The van der Waals surface area contributed by atoms with Crippen LogP contribution in [0.1, 0.15) is 45.3 Å². The molecule has 1 saturated heterocycles. The number of nitrogens with two attached hydrogens (primary N) is 1. The number of carbonyl (C=O) groups excluding carboxylic acids is 1. The van der Waals surface area contributed by atoms with Gasteiger partial charge >= 0.3 is 12.3 Å². The Morgan fingerprint density at radius 2 is 1.85 bits per heavy atom. The fourth-order valence-electron chi connectivity index (χ4n) is 4.05. The fraction of sp³-hybridized carbons (Fsp3) is 0.417. The van der Waals surface area contributed by atoms with E-state index in [1.54, 1.807) is 23.4 Å². The van der Waals surface area contributed by atoms with Gasteiger partial charge in [-0.1, -0.05) is 0 Å². The monoisotopic (exact) mass is 562 g/mol. The average molecular weight is 563 g/mol. The summed E-state index contributed by atoms with van der Waals surface area (Å²) in [6.45, 7) is 6.64. The van der Waals surface area contributed by atoms with Crippen LogP contribution in [0.2, 0.25) is 0 Å². The van der Waals surface area contributed by atoms with E-state index < -0.39 is 17.5 Å². The van der Waals surface area contributed by atoms with Gasteiger partial charge in [0.2, 0.25) is 0 Å². The molecule has 0 spiro atoms.